The van der Waals surface area contributed by atoms with Crippen molar-refractivity contribution in [3.05, 3.63) is 59.2 Å². The third-order valence-electron chi connectivity index (χ3n) is 3.48. The molecule has 100 valence electrons. The largest absolute Gasteiger partial charge is 0.329 e. The normalized spacial score (nSPS) is 12.7. The molecule has 0 bridgehead atoms. The number of nitrogens with two attached hydrogens (primary N) is 1. The van der Waals surface area contributed by atoms with E-state index in [2.05, 4.69) is 48.9 Å². The molecule has 3 nitrogen and oxygen atoms in total. The molecule has 0 aliphatic rings. The van der Waals surface area contributed by atoms with Crippen molar-refractivity contribution in [2.45, 2.75) is 32.6 Å². The van der Waals surface area contributed by atoms with Gasteiger partial charge in [-0.3, -0.25) is 0 Å². The van der Waals surface area contributed by atoms with E-state index in [4.69, 9.17) is 5.73 Å². The number of aromatic nitrogens is 2. The van der Waals surface area contributed by atoms with Crippen LogP contribution < -0.4 is 5.73 Å². The van der Waals surface area contributed by atoms with Crippen molar-refractivity contribution >= 4 is 0 Å². The Labute approximate surface area is 114 Å². The Morgan fingerprint density at radius 3 is 2.42 bits per heavy atom. The molecule has 0 saturated carbocycles. The summed E-state index contributed by atoms with van der Waals surface area (Å²) in [6, 6.07) is 8.42. The summed E-state index contributed by atoms with van der Waals surface area (Å²) in [5.74, 6) is 1.38. The van der Waals surface area contributed by atoms with Gasteiger partial charge in [-0.15, -0.1) is 0 Å². The lowest BCUT2D eigenvalue weighted by Crippen LogP contribution is -2.17. The third-order valence-corrected chi connectivity index (χ3v) is 3.48. The molecule has 0 radical (unpaired) electrons. The van der Waals surface area contributed by atoms with Crippen LogP contribution in [0.2, 0.25) is 0 Å². The maximum Gasteiger partial charge on any atom is 0.136 e. The van der Waals surface area contributed by atoms with Gasteiger partial charge in [-0.1, -0.05) is 32.0 Å². The fourth-order valence-corrected chi connectivity index (χ4v) is 2.26. The molecule has 2 aromatic rings. The minimum absolute atomic E-state index is 0.0694. The first-order valence-corrected chi connectivity index (χ1v) is 6.71. The van der Waals surface area contributed by atoms with Gasteiger partial charge >= 0.3 is 0 Å². The molecule has 19 heavy (non-hydrogen) atoms. The van der Waals surface area contributed by atoms with Crippen molar-refractivity contribution in [2.75, 3.05) is 6.54 Å². The van der Waals surface area contributed by atoms with Gasteiger partial charge in [0.05, 0.1) is 5.92 Å². The monoisotopic (exact) mass is 255 g/mol. The summed E-state index contributed by atoms with van der Waals surface area (Å²) in [6.07, 6.45) is 3.54. The molecule has 0 amide bonds. The minimum atomic E-state index is 0.0694. The highest BCUT2D eigenvalue weighted by Gasteiger charge is 2.18. The van der Waals surface area contributed by atoms with Crippen LogP contribution in [0.15, 0.2) is 36.7 Å². The van der Waals surface area contributed by atoms with E-state index in [1.54, 1.807) is 12.4 Å². The van der Waals surface area contributed by atoms with Gasteiger partial charge in [-0.2, -0.15) is 0 Å². The predicted octanol–water partition coefficient (Wildman–Crippen LogP) is 3.00. The number of benzene rings is 1. The van der Waals surface area contributed by atoms with E-state index in [0.717, 1.165) is 5.82 Å². The van der Waals surface area contributed by atoms with E-state index >= 15 is 0 Å². The smallest absolute Gasteiger partial charge is 0.136 e. The molecule has 0 aliphatic carbocycles. The fraction of sp³-hybridized carbons (Fsp3) is 0.375. The third kappa shape index (κ3) is 2.99. The lowest BCUT2D eigenvalue weighted by molar-refractivity contribution is 0.740. The van der Waals surface area contributed by atoms with Crippen molar-refractivity contribution in [1.82, 2.24) is 9.97 Å². The lowest BCUT2D eigenvalue weighted by Gasteiger charge is -2.18. The Morgan fingerprint density at radius 1 is 1.16 bits per heavy atom. The first-order chi connectivity index (χ1) is 9.13. The Hall–Kier alpha value is -1.74. The molecule has 1 aromatic carbocycles. The summed E-state index contributed by atoms with van der Waals surface area (Å²) in [7, 11) is 0. The lowest BCUT2D eigenvalue weighted by atomic mass is 9.90. The van der Waals surface area contributed by atoms with Crippen LogP contribution in [-0.4, -0.2) is 16.5 Å². The number of hydrogen-bond donors (Lipinski definition) is 1. The number of rotatable bonds is 4. The number of aryl methyl sites for hydroxylation is 1. The Kier molecular flexibility index (Phi) is 4.27. The van der Waals surface area contributed by atoms with Crippen LogP contribution in [0.5, 0.6) is 0 Å². The van der Waals surface area contributed by atoms with Crippen LogP contribution in [0.1, 0.15) is 48.2 Å². The van der Waals surface area contributed by atoms with Crippen LogP contribution in [-0.2, 0) is 0 Å². The molecule has 0 saturated heterocycles. The van der Waals surface area contributed by atoms with E-state index in [-0.39, 0.29) is 5.92 Å². The fourth-order valence-electron chi connectivity index (χ4n) is 2.26. The Balaban J connectivity index is 2.46. The summed E-state index contributed by atoms with van der Waals surface area (Å²) in [4.78, 5) is 8.70. The average Bonchev–Trinajstić information content (AvgIpc) is 2.42. The van der Waals surface area contributed by atoms with E-state index in [9.17, 15) is 0 Å². The zero-order valence-corrected chi connectivity index (χ0v) is 11.8. The molecule has 0 spiro atoms. The van der Waals surface area contributed by atoms with Gasteiger partial charge in [0, 0.05) is 18.9 Å². The maximum atomic E-state index is 5.95. The molecule has 3 heteroatoms. The van der Waals surface area contributed by atoms with Crippen LogP contribution in [0.3, 0.4) is 0 Å². The summed E-state index contributed by atoms with van der Waals surface area (Å²) >= 11 is 0. The van der Waals surface area contributed by atoms with Crippen molar-refractivity contribution in [1.29, 1.82) is 0 Å². The van der Waals surface area contributed by atoms with Crippen molar-refractivity contribution in [2.24, 2.45) is 5.73 Å². The van der Waals surface area contributed by atoms with Crippen LogP contribution >= 0.6 is 0 Å². The average molecular weight is 255 g/mol. The second-order valence-electron chi connectivity index (χ2n) is 5.17. The highest BCUT2D eigenvalue weighted by atomic mass is 14.9. The van der Waals surface area contributed by atoms with Gasteiger partial charge in [-0.05, 0) is 35.6 Å². The van der Waals surface area contributed by atoms with Crippen molar-refractivity contribution < 1.29 is 0 Å². The van der Waals surface area contributed by atoms with Crippen molar-refractivity contribution in [3.63, 3.8) is 0 Å². The number of nitrogens with zero attached hydrogens (tertiary/aromatic N) is 2. The highest BCUT2D eigenvalue weighted by molar-refractivity contribution is 5.38. The summed E-state index contributed by atoms with van der Waals surface area (Å²) in [5.41, 5.74) is 9.76. The van der Waals surface area contributed by atoms with E-state index in [0.29, 0.717) is 12.5 Å². The van der Waals surface area contributed by atoms with E-state index in [1.165, 1.54) is 16.7 Å². The SMILES string of the molecule is Cc1ccc(C(C)C)cc1C(CN)c1ncccn1. The second kappa shape index (κ2) is 5.93. The first kappa shape index (κ1) is 13.7. The predicted molar refractivity (Wildman–Crippen MR) is 78.2 cm³/mol. The van der Waals surface area contributed by atoms with Crippen LogP contribution in [0.25, 0.3) is 0 Å². The molecule has 2 rings (SSSR count). The van der Waals surface area contributed by atoms with Gasteiger partial charge < -0.3 is 5.73 Å². The first-order valence-electron chi connectivity index (χ1n) is 6.71. The van der Waals surface area contributed by atoms with Gasteiger partial charge in [0.1, 0.15) is 5.82 Å². The van der Waals surface area contributed by atoms with Gasteiger partial charge in [0.2, 0.25) is 0 Å². The summed E-state index contributed by atoms with van der Waals surface area (Å²) in [5, 5.41) is 0. The molecule has 2 N–H and O–H groups in total. The quantitative estimate of drug-likeness (QED) is 0.913. The molecule has 1 atom stereocenters. The molecule has 1 heterocycles. The molecular weight excluding hydrogens is 234 g/mol. The van der Waals surface area contributed by atoms with Gasteiger partial charge in [0.15, 0.2) is 0 Å². The molecular formula is C16H21N3. The zero-order valence-electron chi connectivity index (χ0n) is 11.8. The zero-order chi connectivity index (χ0) is 13.8. The van der Waals surface area contributed by atoms with E-state index in [1.807, 2.05) is 6.07 Å². The number of hydrogen-bond acceptors (Lipinski definition) is 3. The summed E-state index contributed by atoms with van der Waals surface area (Å²) < 4.78 is 0. The topological polar surface area (TPSA) is 51.8 Å². The molecule has 0 fully saturated rings. The van der Waals surface area contributed by atoms with E-state index < -0.39 is 0 Å². The Bertz CT molecular complexity index is 535. The molecule has 1 unspecified atom stereocenters. The summed E-state index contributed by atoms with van der Waals surface area (Å²) in [6.45, 7) is 7.03. The standard InChI is InChI=1S/C16H21N3/c1-11(2)13-6-5-12(3)14(9-13)15(10-17)16-18-7-4-8-19-16/h4-9,11,15H,10,17H2,1-3H3. The maximum absolute atomic E-state index is 5.95. The minimum Gasteiger partial charge on any atom is -0.329 e. The van der Waals surface area contributed by atoms with Crippen LogP contribution in [0.4, 0.5) is 0 Å². The van der Waals surface area contributed by atoms with Gasteiger partial charge in [0.25, 0.3) is 0 Å². The Morgan fingerprint density at radius 2 is 1.84 bits per heavy atom. The molecule has 1 aromatic heterocycles. The van der Waals surface area contributed by atoms with Crippen molar-refractivity contribution in [3.8, 4) is 0 Å². The van der Waals surface area contributed by atoms with Gasteiger partial charge in [-0.25, -0.2) is 9.97 Å². The highest BCUT2D eigenvalue weighted by Crippen LogP contribution is 2.27. The molecule has 0 aliphatic heterocycles. The van der Waals surface area contributed by atoms with Crippen LogP contribution in [0, 0.1) is 6.92 Å². The second-order valence-corrected chi connectivity index (χ2v) is 5.17.